The molecule has 0 saturated heterocycles. The van der Waals surface area contributed by atoms with Gasteiger partial charge in [-0.3, -0.25) is 9.10 Å². The minimum absolute atomic E-state index is 0.150. The molecule has 3 rings (SSSR count). The van der Waals surface area contributed by atoms with Gasteiger partial charge >= 0.3 is 0 Å². The van der Waals surface area contributed by atoms with E-state index in [2.05, 4.69) is 10.1 Å². The van der Waals surface area contributed by atoms with Crippen LogP contribution in [-0.4, -0.2) is 56.3 Å². The number of ether oxygens (including phenoxy) is 1. The minimum atomic E-state index is -3.55. The Hall–Kier alpha value is -3.40. The van der Waals surface area contributed by atoms with Crippen LogP contribution < -0.4 is 9.04 Å². The lowest BCUT2D eigenvalue weighted by Gasteiger charge is -2.24. The summed E-state index contributed by atoms with van der Waals surface area (Å²) in [7, 11) is -0.417. The van der Waals surface area contributed by atoms with Crippen molar-refractivity contribution in [1.82, 2.24) is 15.0 Å². The molecule has 0 bridgehead atoms. The van der Waals surface area contributed by atoms with E-state index in [1.807, 2.05) is 31.2 Å². The van der Waals surface area contributed by atoms with Gasteiger partial charge in [-0.15, -0.1) is 0 Å². The summed E-state index contributed by atoms with van der Waals surface area (Å²) in [6.45, 7) is 2.30. The molecule has 1 aromatic heterocycles. The third-order valence-corrected chi connectivity index (χ3v) is 6.23. The molecule has 0 spiro atoms. The van der Waals surface area contributed by atoms with Gasteiger partial charge in [-0.05, 0) is 31.5 Å². The first kappa shape index (κ1) is 24.2. The number of sulfonamides is 1. The molecule has 3 aromatic rings. The highest BCUT2D eigenvalue weighted by Crippen LogP contribution is 2.29. The molecule has 0 N–H and O–H groups in total. The lowest BCUT2D eigenvalue weighted by molar-refractivity contribution is -0.130. The highest BCUT2D eigenvalue weighted by Gasteiger charge is 2.22. The number of carbonyl (C=O) groups is 1. The Morgan fingerprint density at radius 2 is 1.91 bits per heavy atom. The molecular formula is C23H28N4O5S. The van der Waals surface area contributed by atoms with Crippen molar-refractivity contribution in [3.63, 3.8) is 0 Å². The van der Waals surface area contributed by atoms with Crippen LogP contribution in [0.25, 0.3) is 11.4 Å². The first-order chi connectivity index (χ1) is 15.7. The fourth-order valence-electron chi connectivity index (χ4n) is 3.38. The van der Waals surface area contributed by atoms with Crippen LogP contribution in [0, 0.1) is 6.92 Å². The predicted molar refractivity (Wildman–Crippen MR) is 125 cm³/mol. The molecule has 176 valence electrons. The van der Waals surface area contributed by atoms with Gasteiger partial charge in [0.25, 0.3) is 0 Å². The van der Waals surface area contributed by atoms with Gasteiger partial charge in [0, 0.05) is 25.6 Å². The number of aromatic nitrogens is 2. The van der Waals surface area contributed by atoms with Gasteiger partial charge < -0.3 is 14.2 Å². The molecule has 0 fully saturated rings. The number of amides is 1. The van der Waals surface area contributed by atoms with Crippen molar-refractivity contribution in [3.05, 3.63) is 60.0 Å². The second kappa shape index (κ2) is 10.5. The Morgan fingerprint density at radius 1 is 1.15 bits per heavy atom. The Morgan fingerprint density at radius 3 is 2.61 bits per heavy atom. The molecule has 1 amide bonds. The minimum Gasteiger partial charge on any atom is -0.495 e. The van der Waals surface area contributed by atoms with Crippen LogP contribution in [0.5, 0.6) is 5.75 Å². The SMILES string of the molecule is COc1ccccc1N(CCCC(=O)N(C)Cc1nc(-c2cccc(C)c2)no1)S(C)(=O)=O. The smallest absolute Gasteiger partial charge is 0.246 e. The van der Waals surface area contributed by atoms with Crippen LogP contribution in [-0.2, 0) is 21.4 Å². The molecule has 9 nitrogen and oxygen atoms in total. The number of nitrogens with zero attached hydrogens (tertiary/aromatic N) is 4. The Bertz CT molecular complexity index is 1210. The summed E-state index contributed by atoms with van der Waals surface area (Å²) in [4.78, 5) is 18.5. The van der Waals surface area contributed by atoms with Gasteiger partial charge in [-0.25, -0.2) is 8.42 Å². The van der Waals surface area contributed by atoms with Crippen LogP contribution >= 0.6 is 0 Å². The summed E-state index contributed by atoms with van der Waals surface area (Å²) in [6.07, 6.45) is 1.64. The number of para-hydroxylation sites is 2. The molecule has 0 aliphatic carbocycles. The van der Waals surface area contributed by atoms with E-state index in [0.717, 1.165) is 17.4 Å². The van der Waals surface area contributed by atoms with Crippen LogP contribution in [0.15, 0.2) is 53.1 Å². The second-order valence-corrected chi connectivity index (χ2v) is 9.65. The Labute approximate surface area is 194 Å². The highest BCUT2D eigenvalue weighted by atomic mass is 32.2. The monoisotopic (exact) mass is 472 g/mol. The third kappa shape index (κ3) is 6.32. The number of aryl methyl sites for hydroxylation is 1. The van der Waals surface area contributed by atoms with Gasteiger partial charge in [0.15, 0.2) is 0 Å². The standard InChI is InChI=1S/C23H28N4O5S/c1-17-9-7-10-18(15-17)23-24-21(32-25-23)16-26(2)22(28)13-8-14-27(33(4,29)30)19-11-5-6-12-20(19)31-3/h5-7,9-12,15H,8,13-14,16H2,1-4H3. The fourth-order valence-corrected chi connectivity index (χ4v) is 4.35. The predicted octanol–water partition coefficient (Wildman–Crippen LogP) is 3.26. The van der Waals surface area contributed by atoms with E-state index in [1.165, 1.54) is 16.3 Å². The maximum atomic E-state index is 12.6. The number of carbonyl (C=O) groups excluding carboxylic acids is 1. The van der Waals surface area contributed by atoms with E-state index in [0.29, 0.717) is 29.6 Å². The molecule has 1 heterocycles. The zero-order valence-electron chi connectivity index (χ0n) is 19.2. The largest absolute Gasteiger partial charge is 0.495 e. The first-order valence-electron chi connectivity index (χ1n) is 10.4. The Balaban J connectivity index is 1.59. The van der Waals surface area contributed by atoms with Crippen molar-refractivity contribution in [3.8, 4) is 17.1 Å². The lowest BCUT2D eigenvalue weighted by Crippen LogP contribution is -2.32. The highest BCUT2D eigenvalue weighted by molar-refractivity contribution is 7.92. The maximum Gasteiger partial charge on any atom is 0.246 e. The summed E-state index contributed by atoms with van der Waals surface area (Å²) in [5.74, 6) is 1.09. The molecule has 0 saturated carbocycles. The van der Waals surface area contributed by atoms with Crippen molar-refractivity contribution in [1.29, 1.82) is 0 Å². The number of rotatable bonds is 10. The summed E-state index contributed by atoms with van der Waals surface area (Å²) < 4.78 is 36.5. The van der Waals surface area contributed by atoms with Gasteiger partial charge in [0.2, 0.25) is 27.6 Å². The van der Waals surface area contributed by atoms with Gasteiger partial charge in [0.1, 0.15) is 5.75 Å². The number of hydrogen-bond acceptors (Lipinski definition) is 7. The lowest BCUT2D eigenvalue weighted by atomic mass is 10.1. The van der Waals surface area contributed by atoms with E-state index in [-0.39, 0.29) is 25.4 Å². The normalized spacial score (nSPS) is 11.3. The summed E-state index contributed by atoms with van der Waals surface area (Å²) >= 11 is 0. The Kier molecular flexibility index (Phi) is 7.70. The quantitative estimate of drug-likeness (QED) is 0.446. The molecule has 10 heteroatoms. The van der Waals surface area contributed by atoms with Gasteiger partial charge in [-0.1, -0.05) is 41.1 Å². The summed E-state index contributed by atoms with van der Waals surface area (Å²) in [5, 5.41) is 3.99. The summed E-state index contributed by atoms with van der Waals surface area (Å²) in [5.41, 5.74) is 2.37. The van der Waals surface area contributed by atoms with Crippen molar-refractivity contribution in [2.45, 2.75) is 26.3 Å². The van der Waals surface area contributed by atoms with Gasteiger partial charge in [-0.2, -0.15) is 4.98 Å². The van der Waals surface area contributed by atoms with Crippen molar-refractivity contribution >= 4 is 21.6 Å². The molecule has 2 aromatic carbocycles. The fraction of sp³-hybridized carbons (Fsp3) is 0.348. The topological polar surface area (TPSA) is 106 Å². The zero-order chi connectivity index (χ0) is 24.0. The average Bonchev–Trinajstić information content (AvgIpc) is 3.24. The van der Waals surface area contributed by atoms with E-state index in [4.69, 9.17) is 9.26 Å². The number of methoxy groups -OCH3 is 1. The van der Waals surface area contributed by atoms with Crippen molar-refractivity contribution < 1.29 is 22.5 Å². The maximum absolute atomic E-state index is 12.6. The zero-order valence-corrected chi connectivity index (χ0v) is 20.0. The van der Waals surface area contributed by atoms with E-state index in [1.54, 1.807) is 31.3 Å². The van der Waals surface area contributed by atoms with Crippen LogP contribution in [0.4, 0.5) is 5.69 Å². The van der Waals surface area contributed by atoms with Crippen LogP contribution in [0.1, 0.15) is 24.3 Å². The average molecular weight is 473 g/mol. The number of benzene rings is 2. The van der Waals surface area contributed by atoms with E-state index >= 15 is 0 Å². The number of hydrogen-bond donors (Lipinski definition) is 0. The molecular weight excluding hydrogens is 444 g/mol. The van der Waals surface area contributed by atoms with Crippen molar-refractivity contribution in [2.24, 2.45) is 0 Å². The number of anilines is 1. The molecule has 0 unspecified atom stereocenters. The van der Waals surface area contributed by atoms with Crippen LogP contribution in [0.2, 0.25) is 0 Å². The van der Waals surface area contributed by atoms with Crippen LogP contribution in [0.3, 0.4) is 0 Å². The van der Waals surface area contributed by atoms with Crippen molar-refractivity contribution in [2.75, 3.05) is 31.3 Å². The first-order valence-corrected chi connectivity index (χ1v) is 12.3. The second-order valence-electron chi connectivity index (χ2n) is 7.74. The molecule has 33 heavy (non-hydrogen) atoms. The molecule has 0 aliphatic rings. The van der Waals surface area contributed by atoms with E-state index < -0.39 is 10.0 Å². The third-order valence-electron chi connectivity index (χ3n) is 5.05. The molecule has 0 aliphatic heterocycles. The molecule has 0 radical (unpaired) electrons. The van der Waals surface area contributed by atoms with E-state index in [9.17, 15) is 13.2 Å². The van der Waals surface area contributed by atoms with Gasteiger partial charge in [0.05, 0.1) is 25.6 Å². The molecule has 0 atom stereocenters. The summed E-state index contributed by atoms with van der Waals surface area (Å²) in [6, 6.07) is 14.6.